The van der Waals surface area contributed by atoms with Crippen molar-refractivity contribution in [2.75, 3.05) is 23.3 Å². The van der Waals surface area contributed by atoms with Crippen LogP contribution >= 0.6 is 11.3 Å². The summed E-state index contributed by atoms with van der Waals surface area (Å²) in [7, 11) is 0. The fraction of sp³-hybridized carbons (Fsp3) is 0.312. The number of benzene rings is 1. The van der Waals surface area contributed by atoms with Crippen molar-refractivity contribution in [3.05, 3.63) is 40.7 Å². The lowest BCUT2D eigenvalue weighted by Crippen LogP contribution is -2.31. The lowest BCUT2D eigenvalue weighted by Gasteiger charge is -2.27. The van der Waals surface area contributed by atoms with Crippen LogP contribution in [0, 0.1) is 10.1 Å². The first-order valence-electron chi connectivity index (χ1n) is 8.09. The van der Waals surface area contributed by atoms with Crippen molar-refractivity contribution in [1.82, 2.24) is 15.0 Å². The zero-order valence-electron chi connectivity index (χ0n) is 13.4. The summed E-state index contributed by atoms with van der Waals surface area (Å²) in [6.45, 7) is 1.55. The van der Waals surface area contributed by atoms with Gasteiger partial charge in [0.25, 0.3) is 0 Å². The minimum absolute atomic E-state index is 0.0938. The van der Waals surface area contributed by atoms with Crippen LogP contribution < -0.4 is 10.2 Å². The van der Waals surface area contributed by atoms with E-state index in [1.807, 2.05) is 29.2 Å². The van der Waals surface area contributed by atoms with Gasteiger partial charge < -0.3 is 10.2 Å². The van der Waals surface area contributed by atoms with Gasteiger partial charge in [-0.25, -0.2) is 15.0 Å². The SMILES string of the molecule is O=[N+]([O-])c1c(Nc2nc3ccccc3s2)ncnc1N1CCCCC1. The maximum absolute atomic E-state index is 11.7. The number of thiazole rings is 1. The first kappa shape index (κ1) is 15.7. The number of para-hydroxylation sites is 1. The molecule has 128 valence electrons. The van der Waals surface area contributed by atoms with E-state index in [0.717, 1.165) is 42.6 Å². The van der Waals surface area contributed by atoms with E-state index in [-0.39, 0.29) is 11.5 Å². The first-order valence-corrected chi connectivity index (χ1v) is 8.91. The lowest BCUT2D eigenvalue weighted by atomic mass is 10.1. The molecule has 0 bridgehead atoms. The molecule has 1 aliphatic rings. The highest BCUT2D eigenvalue weighted by atomic mass is 32.1. The summed E-state index contributed by atoms with van der Waals surface area (Å²) in [4.78, 5) is 26.0. The molecule has 2 aromatic heterocycles. The van der Waals surface area contributed by atoms with Crippen LogP contribution in [0.5, 0.6) is 0 Å². The Morgan fingerprint density at radius 2 is 1.96 bits per heavy atom. The van der Waals surface area contributed by atoms with Gasteiger partial charge in [-0.05, 0) is 31.4 Å². The van der Waals surface area contributed by atoms with Crippen molar-refractivity contribution in [2.24, 2.45) is 0 Å². The molecule has 1 N–H and O–H groups in total. The molecule has 0 unspecified atom stereocenters. The molecule has 1 aromatic carbocycles. The number of nitrogens with zero attached hydrogens (tertiary/aromatic N) is 5. The van der Waals surface area contributed by atoms with Crippen molar-refractivity contribution in [3.8, 4) is 0 Å². The Hall–Kier alpha value is -2.81. The molecule has 25 heavy (non-hydrogen) atoms. The Kier molecular flexibility index (Phi) is 4.14. The Bertz CT molecular complexity index is 889. The third-order valence-electron chi connectivity index (χ3n) is 4.16. The smallest absolute Gasteiger partial charge is 0.351 e. The highest BCUT2D eigenvalue weighted by molar-refractivity contribution is 7.22. The molecule has 0 saturated carbocycles. The van der Waals surface area contributed by atoms with Crippen molar-refractivity contribution in [2.45, 2.75) is 19.3 Å². The molecule has 1 fully saturated rings. The molecular formula is C16H16N6O2S. The van der Waals surface area contributed by atoms with Gasteiger partial charge in [-0.2, -0.15) is 0 Å². The van der Waals surface area contributed by atoms with Gasteiger partial charge in [0.1, 0.15) is 6.33 Å². The number of nitrogens with one attached hydrogen (secondary N) is 1. The zero-order chi connectivity index (χ0) is 17.2. The van der Waals surface area contributed by atoms with Gasteiger partial charge in [-0.3, -0.25) is 10.1 Å². The summed E-state index contributed by atoms with van der Waals surface area (Å²) >= 11 is 1.44. The quantitative estimate of drug-likeness (QED) is 0.562. The lowest BCUT2D eigenvalue weighted by molar-refractivity contribution is -0.383. The second-order valence-electron chi connectivity index (χ2n) is 5.81. The van der Waals surface area contributed by atoms with Gasteiger partial charge in [0.2, 0.25) is 11.6 Å². The Balaban J connectivity index is 1.71. The van der Waals surface area contributed by atoms with E-state index in [1.54, 1.807) is 0 Å². The number of piperidine rings is 1. The molecule has 0 radical (unpaired) electrons. The predicted molar refractivity (Wildman–Crippen MR) is 97.7 cm³/mol. The van der Waals surface area contributed by atoms with Crippen LogP contribution in [0.15, 0.2) is 30.6 Å². The van der Waals surface area contributed by atoms with E-state index in [0.29, 0.717) is 10.9 Å². The van der Waals surface area contributed by atoms with E-state index in [1.165, 1.54) is 17.7 Å². The minimum Gasteiger partial charge on any atom is -0.351 e. The zero-order valence-corrected chi connectivity index (χ0v) is 14.2. The van der Waals surface area contributed by atoms with Crippen molar-refractivity contribution in [3.63, 3.8) is 0 Å². The second-order valence-corrected chi connectivity index (χ2v) is 6.84. The van der Waals surface area contributed by atoms with E-state index in [4.69, 9.17) is 0 Å². The Labute approximate surface area is 147 Å². The summed E-state index contributed by atoms with van der Waals surface area (Å²) in [5, 5.41) is 15.3. The van der Waals surface area contributed by atoms with Gasteiger partial charge in [0.05, 0.1) is 15.1 Å². The van der Waals surface area contributed by atoms with E-state index >= 15 is 0 Å². The molecule has 1 saturated heterocycles. The van der Waals surface area contributed by atoms with Gasteiger partial charge in [0, 0.05) is 13.1 Å². The van der Waals surface area contributed by atoms with Crippen molar-refractivity contribution < 1.29 is 4.92 Å². The molecule has 0 atom stereocenters. The number of nitro groups is 1. The average Bonchev–Trinajstić information content (AvgIpc) is 3.04. The summed E-state index contributed by atoms with van der Waals surface area (Å²) in [5.74, 6) is 0.558. The third-order valence-corrected chi connectivity index (χ3v) is 5.11. The molecule has 0 amide bonds. The van der Waals surface area contributed by atoms with Crippen LogP contribution in [-0.4, -0.2) is 33.0 Å². The van der Waals surface area contributed by atoms with E-state index < -0.39 is 4.92 Å². The number of rotatable bonds is 4. The molecule has 3 heterocycles. The van der Waals surface area contributed by atoms with Gasteiger partial charge in [-0.15, -0.1) is 0 Å². The molecule has 0 spiro atoms. The van der Waals surface area contributed by atoms with Gasteiger partial charge in [-0.1, -0.05) is 23.5 Å². The highest BCUT2D eigenvalue weighted by Crippen LogP contribution is 2.36. The molecule has 4 rings (SSSR count). The first-order chi connectivity index (χ1) is 12.2. The van der Waals surface area contributed by atoms with Crippen LogP contribution in [0.2, 0.25) is 0 Å². The van der Waals surface area contributed by atoms with Crippen molar-refractivity contribution in [1.29, 1.82) is 0 Å². The molecule has 1 aliphatic heterocycles. The fourth-order valence-electron chi connectivity index (χ4n) is 2.99. The normalized spacial score (nSPS) is 14.6. The summed E-state index contributed by atoms with van der Waals surface area (Å²) in [5.41, 5.74) is 0.756. The molecule has 8 nitrogen and oxygen atoms in total. The maximum Gasteiger partial charge on any atom is 0.353 e. The average molecular weight is 356 g/mol. The Morgan fingerprint density at radius 3 is 2.72 bits per heavy atom. The van der Waals surface area contributed by atoms with Crippen molar-refractivity contribution >= 4 is 44.0 Å². The minimum atomic E-state index is -0.417. The number of hydrogen-bond donors (Lipinski definition) is 1. The van der Waals surface area contributed by atoms with Gasteiger partial charge in [0.15, 0.2) is 5.13 Å². The summed E-state index contributed by atoms with van der Waals surface area (Å²) < 4.78 is 1.01. The monoisotopic (exact) mass is 356 g/mol. The third kappa shape index (κ3) is 3.10. The largest absolute Gasteiger partial charge is 0.353 e. The standard InChI is InChI=1S/C16H16N6O2S/c23-22(24)13-14(17-10-18-15(13)21-8-4-1-5-9-21)20-16-19-11-6-2-3-7-12(11)25-16/h2-3,6-7,10H,1,4-5,8-9H2,(H,17,18,19,20). The number of hydrogen-bond acceptors (Lipinski definition) is 8. The van der Waals surface area contributed by atoms with E-state index in [2.05, 4.69) is 20.3 Å². The predicted octanol–water partition coefficient (Wildman–Crippen LogP) is 3.73. The summed E-state index contributed by atoms with van der Waals surface area (Å²) in [6, 6.07) is 7.72. The van der Waals surface area contributed by atoms with Crippen LogP contribution in [0.4, 0.5) is 22.5 Å². The van der Waals surface area contributed by atoms with Crippen LogP contribution in [0.3, 0.4) is 0 Å². The fourth-order valence-corrected chi connectivity index (χ4v) is 3.86. The Morgan fingerprint density at radius 1 is 1.16 bits per heavy atom. The van der Waals surface area contributed by atoms with Crippen LogP contribution in [-0.2, 0) is 0 Å². The van der Waals surface area contributed by atoms with Gasteiger partial charge >= 0.3 is 5.69 Å². The van der Waals surface area contributed by atoms with E-state index in [9.17, 15) is 10.1 Å². The molecular weight excluding hydrogens is 340 g/mol. The maximum atomic E-state index is 11.7. The van der Waals surface area contributed by atoms with Crippen LogP contribution in [0.25, 0.3) is 10.2 Å². The molecule has 3 aromatic rings. The molecule has 0 aliphatic carbocycles. The second kappa shape index (κ2) is 6.60. The van der Waals surface area contributed by atoms with Crippen LogP contribution in [0.1, 0.15) is 19.3 Å². The summed E-state index contributed by atoms with van der Waals surface area (Å²) in [6.07, 6.45) is 4.54. The number of anilines is 3. The topological polar surface area (TPSA) is 97.1 Å². The molecule has 9 heteroatoms. The number of fused-ring (bicyclic) bond motifs is 1. The highest BCUT2D eigenvalue weighted by Gasteiger charge is 2.28. The number of aromatic nitrogens is 3.